The van der Waals surface area contributed by atoms with Crippen LogP contribution in [0.2, 0.25) is 0 Å². The van der Waals surface area contributed by atoms with Crippen LogP contribution < -0.4 is 5.32 Å². The minimum atomic E-state index is -0.0668. The lowest BCUT2D eigenvalue weighted by molar-refractivity contribution is -0.112. The number of nitrogens with one attached hydrogen (secondary N) is 1. The maximum absolute atomic E-state index is 6.46. The van der Waals surface area contributed by atoms with E-state index in [0.29, 0.717) is 12.1 Å². The molecule has 3 aliphatic rings. The highest BCUT2D eigenvalue weighted by atomic mass is 32.1. The van der Waals surface area contributed by atoms with Gasteiger partial charge in [0.15, 0.2) is 0 Å². The van der Waals surface area contributed by atoms with E-state index in [2.05, 4.69) is 46.6 Å². The largest absolute Gasteiger partial charge is 0.370 e. The van der Waals surface area contributed by atoms with Gasteiger partial charge in [0, 0.05) is 48.4 Å². The van der Waals surface area contributed by atoms with Crippen LogP contribution in [0.3, 0.4) is 0 Å². The van der Waals surface area contributed by atoms with Gasteiger partial charge in [0.05, 0.1) is 30.1 Å². The molecular formula is C20H29N5OS. The highest BCUT2D eigenvalue weighted by molar-refractivity contribution is 7.12. The molecule has 1 N–H and O–H groups in total. The molecule has 2 aromatic heterocycles. The summed E-state index contributed by atoms with van der Waals surface area (Å²) in [7, 11) is 0. The van der Waals surface area contributed by atoms with Gasteiger partial charge >= 0.3 is 0 Å². The third-order valence-corrected chi connectivity index (χ3v) is 7.85. The second-order valence-corrected chi connectivity index (χ2v) is 9.49. The van der Waals surface area contributed by atoms with Crippen LogP contribution >= 0.6 is 11.3 Å². The zero-order valence-corrected chi connectivity index (χ0v) is 17.1. The molecule has 27 heavy (non-hydrogen) atoms. The van der Waals surface area contributed by atoms with Gasteiger partial charge < -0.3 is 10.1 Å². The second-order valence-electron chi connectivity index (χ2n) is 8.27. The fourth-order valence-electron chi connectivity index (χ4n) is 4.74. The number of thiophene rings is 1. The summed E-state index contributed by atoms with van der Waals surface area (Å²) in [6.45, 7) is 9.41. The van der Waals surface area contributed by atoms with Gasteiger partial charge in [-0.05, 0) is 37.8 Å². The summed E-state index contributed by atoms with van der Waals surface area (Å²) < 4.78 is 8.48. The summed E-state index contributed by atoms with van der Waals surface area (Å²) in [5.74, 6) is 0. The van der Waals surface area contributed by atoms with Gasteiger partial charge in [0.1, 0.15) is 0 Å². The van der Waals surface area contributed by atoms with Crippen molar-refractivity contribution < 1.29 is 4.74 Å². The number of nitrogens with zero attached hydrogens (tertiary/aromatic N) is 4. The van der Waals surface area contributed by atoms with Gasteiger partial charge in [-0.15, -0.1) is 16.4 Å². The Bertz CT molecular complexity index is 813. The fraction of sp³-hybridized carbons (Fsp3) is 0.700. The van der Waals surface area contributed by atoms with E-state index in [9.17, 15) is 0 Å². The van der Waals surface area contributed by atoms with E-state index in [-0.39, 0.29) is 5.60 Å². The monoisotopic (exact) mass is 387 g/mol. The van der Waals surface area contributed by atoms with E-state index < -0.39 is 0 Å². The molecule has 5 rings (SSSR count). The quantitative estimate of drug-likeness (QED) is 0.874. The minimum absolute atomic E-state index is 0.0668. The van der Waals surface area contributed by atoms with E-state index in [4.69, 9.17) is 4.74 Å². The van der Waals surface area contributed by atoms with E-state index in [1.54, 1.807) is 4.88 Å². The van der Waals surface area contributed by atoms with Crippen LogP contribution in [0.5, 0.6) is 0 Å². The first kappa shape index (κ1) is 17.8. The third-order valence-electron chi connectivity index (χ3n) is 6.52. The lowest BCUT2D eigenvalue weighted by Crippen LogP contribution is -2.50. The van der Waals surface area contributed by atoms with Crippen molar-refractivity contribution in [1.29, 1.82) is 0 Å². The lowest BCUT2D eigenvalue weighted by atomic mass is 9.79. The Morgan fingerprint density at radius 3 is 3.04 bits per heavy atom. The molecule has 2 unspecified atom stereocenters. The van der Waals surface area contributed by atoms with Gasteiger partial charge in [0.25, 0.3) is 0 Å². The van der Waals surface area contributed by atoms with Crippen LogP contribution in [-0.2, 0) is 29.7 Å². The van der Waals surface area contributed by atoms with Crippen molar-refractivity contribution in [2.45, 2.75) is 63.8 Å². The SMILES string of the molecule is CCc1cc2c(s1)CCOC21CCN(Cc2cn(C3CNC3)nn2)C(C)C1. The van der Waals surface area contributed by atoms with Crippen molar-refractivity contribution in [1.82, 2.24) is 25.2 Å². The number of aryl methyl sites for hydroxylation is 1. The molecule has 6 nitrogen and oxygen atoms in total. The summed E-state index contributed by atoms with van der Waals surface area (Å²) in [6.07, 6.45) is 6.48. The number of fused-ring (bicyclic) bond motifs is 2. The molecule has 0 aliphatic carbocycles. The van der Waals surface area contributed by atoms with Gasteiger partial charge in [0.2, 0.25) is 0 Å². The van der Waals surface area contributed by atoms with Crippen molar-refractivity contribution in [2.24, 2.45) is 0 Å². The van der Waals surface area contributed by atoms with E-state index in [1.165, 1.54) is 10.4 Å². The van der Waals surface area contributed by atoms with Crippen LogP contribution in [-0.4, -0.2) is 52.2 Å². The number of ether oxygens (including phenoxy) is 1. The molecule has 0 aromatic carbocycles. The number of hydrogen-bond acceptors (Lipinski definition) is 6. The summed E-state index contributed by atoms with van der Waals surface area (Å²) in [5, 5.41) is 12.0. The average Bonchev–Trinajstić information content (AvgIpc) is 3.24. The maximum Gasteiger partial charge on any atom is 0.0969 e. The third kappa shape index (κ3) is 3.14. The molecular weight excluding hydrogens is 358 g/mol. The molecule has 7 heteroatoms. The Morgan fingerprint density at radius 1 is 1.41 bits per heavy atom. The molecule has 0 bridgehead atoms. The minimum Gasteiger partial charge on any atom is -0.370 e. The van der Waals surface area contributed by atoms with Crippen LogP contribution in [0.4, 0.5) is 0 Å². The van der Waals surface area contributed by atoms with Crippen LogP contribution in [0.1, 0.15) is 53.7 Å². The first-order chi connectivity index (χ1) is 13.2. The average molecular weight is 388 g/mol. The van der Waals surface area contributed by atoms with E-state index in [0.717, 1.165) is 64.2 Å². The number of aromatic nitrogens is 3. The molecule has 3 aliphatic heterocycles. The molecule has 146 valence electrons. The summed E-state index contributed by atoms with van der Waals surface area (Å²) in [5.41, 5.74) is 2.51. The maximum atomic E-state index is 6.46. The molecule has 5 heterocycles. The topological polar surface area (TPSA) is 55.2 Å². The van der Waals surface area contributed by atoms with Crippen molar-refractivity contribution >= 4 is 11.3 Å². The predicted molar refractivity (Wildman–Crippen MR) is 106 cm³/mol. The van der Waals surface area contributed by atoms with Crippen molar-refractivity contribution in [3.05, 3.63) is 33.3 Å². The molecule has 2 aromatic rings. The van der Waals surface area contributed by atoms with Crippen LogP contribution in [0.25, 0.3) is 0 Å². The number of rotatable bonds is 4. The van der Waals surface area contributed by atoms with Crippen molar-refractivity contribution in [3.8, 4) is 0 Å². The van der Waals surface area contributed by atoms with Crippen molar-refractivity contribution in [2.75, 3.05) is 26.2 Å². The number of piperidine rings is 1. The highest BCUT2D eigenvalue weighted by Crippen LogP contribution is 2.46. The lowest BCUT2D eigenvalue weighted by Gasteiger charge is -2.47. The Morgan fingerprint density at radius 2 is 2.30 bits per heavy atom. The van der Waals surface area contributed by atoms with Gasteiger partial charge in [-0.1, -0.05) is 12.1 Å². The molecule has 0 radical (unpaired) electrons. The standard InChI is InChI=1S/C20H29N5OS/c1-3-17-8-18-19(27-17)4-7-26-20(18)5-6-24(14(2)9-20)12-15-13-25(23-22-15)16-10-21-11-16/h8,13-14,16,21H,3-7,9-12H2,1-2H3. The smallest absolute Gasteiger partial charge is 0.0969 e. The number of likely N-dealkylation sites (tertiary alicyclic amines) is 1. The zero-order valence-electron chi connectivity index (χ0n) is 16.3. The van der Waals surface area contributed by atoms with E-state index >= 15 is 0 Å². The highest BCUT2D eigenvalue weighted by Gasteiger charge is 2.44. The van der Waals surface area contributed by atoms with Gasteiger partial charge in [-0.2, -0.15) is 0 Å². The summed E-state index contributed by atoms with van der Waals surface area (Å²) in [6, 6.07) is 3.39. The molecule has 0 saturated carbocycles. The Hall–Kier alpha value is -1.28. The Labute approximate surface area is 164 Å². The molecule has 1 spiro atoms. The first-order valence-electron chi connectivity index (χ1n) is 10.3. The van der Waals surface area contributed by atoms with Crippen LogP contribution in [0.15, 0.2) is 12.3 Å². The predicted octanol–water partition coefficient (Wildman–Crippen LogP) is 2.50. The Balaban J connectivity index is 1.29. The fourth-order valence-corrected chi connectivity index (χ4v) is 5.92. The Kier molecular flexibility index (Phi) is 4.58. The molecule has 2 fully saturated rings. The molecule has 2 saturated heterocycles. The van der Waals surface area contributed by atoms with Crippen LogP contribution in [0, 0.1) is 0 Å². The second kappa shape index (κ2) is 6.95. The summed E-state index contributed by atoms with van der Waals surface area (Å²) >= 11 is 2.00. The number of hydrogen-bond donors (Lipinski definition) is 1. The zero-order chi connectivity index (χ0) is 18.4. The molecule has 2 atom stereocenters. The summed E-state index contributed by atoms with van der Waals surface area (Å²) in [4.78, 5) is 5.61. The van der Waals surface area contributed by atoms with Gasteiger partial charge in [-0.25, -0.2) is 4.68 Å². The van der Waals surface area contributed by atoms with Crippen molar-refractivity contribution in [3.63, 3.8) is 0 Å². The van der Waals surface area contributed by atoms with E-state index in [1.807, 2.05) is 16.0 Å². The van der Waals surface area contributed by atoms with Gasteiger partial charge in [-0.3, -0.25) is 4.90 Å². The first-order valence-corrected chi connectivity index (χ1v) is 11.1. The molecule has 0 amide bonds. The normalized spacial score (nSPS) is 29.0.